The second kappa shape index (κ2) is 9.64. The largest absolute Gasteiger partial charge is 0.311 e. The zero-order valence-corrected chi connectivity index (χ0v) is 18.3. The number of carbonyl (C=O) groups is 1. The average Bonchev–Trinajstić information content (AvgIpc) is 3.29. The summed E-state index contributed by atoms with van der Waals surface area (Å²) in [4.78, 5) is 12.4. The number of hydrogen-bond acceptors (Lipinski definition) is 5. The molecule has 0 aliphatic heterocycles. The van der Waals surface area contributed by atoms with Gasteiger partial charge < -0.3 is 5.32 Å². The molecule has 0 spiro atoms. The van der Waals surface area contributed by atoms with Crippen LogP contribution in [-0.2, 0) is 0 Å². The molecule has 0 radical (unpaired) electrons. The third-order valence-corrected chi connectivity index (χ3v) is 6.03. The van der Waals surface area contributed by atoms with E-state index >= 15 is 0 Å². The number of amides is 1. The maximum atomic E-state index is 13.3. The predicted octanol–water partition coefficient (Wildman–Crippen LogP) is 4.97. The van der Waals surface area contributed by atoms with E-state index in [4.69, 9.17) is 0 Å². The first-order valence-electron chi connectivity index (χ1n) is 9.25. The molecule has 5 nitrogen and oxygen atoms in total. The van der Waals surface area contributed by atoms with Crippen molar-refractivity contribution in [3.05, 3.63) is 40.4 Å². The number of alkyl halides is 2. The van der Waals surface area contributed by atoms with Crippen molar-refractivity contribution in [2.24, 2.45) is 0 Å². The van der Waals surface area contributed by atoms with E-state index in [2.05, 4.69) is 20.8 Å². The van der Waals surface area contributed by atoms with Crippen molar-refractivity contribution in [2.75, 3.05) is 5.32 Å². The normalized spacial score (nSPS) is 22.9. The van der Waals surface area contributed by atoms with E-state index in [1.165, 1.54) is 11.3 Å². The number of nitrogens with zero attached hydrogens (tertiary/aromatic N) is 2. The van der Waals surface area contributed by atoms with Gasteiger partial charge in [0.2, 0.25) is 11.1 Å². The first-order valence-corrected chi connectivity index (χ1v) is 10.1. The molecule has 2 aliphatic carbocycles. The third kappa shape index (κ3) is 6.07. The Bertz CT molecular complexity index is 841. The molecule has 2 saturated carbocycles. The van der Waals surface area contributed by atoms with Crippen molar-refractivity contribution in [2.45, 2.75) is 63.0 Å². The Morgan fingerprint density at radius 2 is 1.93 bits per heavy atom. The van der Waals surface area contributed by atoms with Gasteiger partial charge in [-0.25, -0.2) is 8.78 Å². The predicted molar refractivity (Wildman–Crippen MR) is 115 cm³/mol. The van der Waals surface area contributed by atoms with Crippen LogP contribution < -0.4 is 10.6 Å². The zero-order valence-electron chi connectivity index (χ0n) is 15.9. The molecule has 1 amide bonds. The fourth-order valence-electron chi connectivity index (χ4n) is 3.68. The van der Waals surface area contributed by atoms with E-state index in [-0.39, 0.29) is 49.6 Å². The number of hydrogen-bond donors (Lipinski definition) is 2. The lowest BCUT2D eigenvalue weighted by molar-refractivity contribution is -0.0405. The van der Waals surface area contributed by atoms with E-state index in [1.54, 1.807) is 6.07 Å². The van der Waals surface area contributed by atoms with E-state index in [0.29, 0.717) is 35.5 Å². The Hall–Kier alpha value is -1.35. The van der Waals surface area contributed by atoms with Gasteiger partial charge in [-0.2, -0.15) is 0 Å². The van der Waals surface area contributed by atoms with Gasteiger partial charge >= 0.3 is 0 Å². The summed E-state index contributed by atoms with van der Waals surface area (Å²) in [6.45, 7) is 1.83. The number of carbonyl (C=O) groups excluding carboxylic acids is 1. The molecule has 10 heteroatoms. The lowest BCUT2D eigenvalue weighted by atomic mass is 9.92. The summed E-state index contributed by atoms with van der Waals surface area (Å²) in [7, 11) is 0. The number of aryl methyl sites for hydroxylation is 1. The summed E-state index contributed by atoms with van der Waals surface area (Å²) in [5.74, 6) is -2.36. The summed E-state index contributed by atoms with van der Waals surface area (Å²) in [5, 5.41) is 15.4. The third-order valence-electron chi connectivity index (χ3n) is 5.28. The number of benzene rings is 1. The van der Waals surface area contributed by atoms with Crippen molar-refractivity contribution in [1.82, 2.24) is 15.5 Å². The minimum absolute atomic E-state index is 0. The van der Waals surface area contributed by atoms with Crippen LogP contribution in [0.4, 0.5) is 13.9 Å². The topological polar surface area (TPSA) is 66.9 Å². The summed E-state index contributed by atoms with van der Waals surface area (Å²) in [5.41, 5.74) is 1.69. The molecule has 4 rings (SSSR count). The molecular weight excluding hydrogens is 441 g/mol. The van der Waals surface area contributed by atoms with Gasteiger partial charge in [-0.05, 0) is 43.9 Å². The van der Waals surface area contributed by atoms with Gasteiger partial charge in [0.05, 0.1) is 0 Å². The molecule has 2 atom stereocenters. The van der Waals surface area contributed by atoms with Gasteiger partial charge in [-0.15, -0.1) is 35.0 Å². The molecule has 2 aliphatic rings. The van der Waals surface area contributed by atoms with Crippen molar-refractivity contribution in [3.63, 3.8) is 0 Å². The van der Waals surface area contributed by atoms with E-state index in [1.807, 2.05) is 25.1 Å². The van der Waals surface area contributed by atoms with Crippen LogP contribution in [0.5, 0.6) is 0 Å². The highest BCUT2D eigenvalue weighted by atomic mass is 35.5. The van der Waals surface area contributed by atoms with Gasteiger partial charge in [-0.1, -0.05) is 23.5 Å². The SMILES string of the molecule is Cc1nnc(NC(=O)c2cccc([C@@H]3C[C@H]3NC3CCC(F)(F)CC3)c2)s1.Cl.Cl. The Morgan fingerprint density at radius 1 is 1.21 bits per heavy atom. The summed E-state index contributed by atoms with van der Waals surface area (Å²) in [6, 6.07) is 8.07. The van der Waals surface area contributed by atoms with E-state index < -0.39 is 5.92 Å². The summed E-state index contributed by atoms with van der Waals surface area (Å²) in [6.07, 6.45) is 1.99. The molecule has 2 N–H and O–H groups in total. The van der Waals surface area contributed by atoms with Crippen LogP contribution >= 0.6 is 36.2 Å². The monoisotopic (exact) mass is 464 g/mol. The van der Waals surface area contributed by atoms with Gasteiger partial charge in [0, 0.05) is 36.4 Å². The minimum atomic E-state index is -2.49. The van der Waals surface area contributed by atoms with Crippen molar-refractivity contribution < 1.29 is 13.6 Å². The molecular formula is C19H24Cl2F2N4OS. The molecule has 29 heavy (non-hydrogen) atoms. The van der Waals surface area contributed by atoms with Crippen LogP contribution in [0.25, 0.3) is 0 Å². The van der Waals surface area contributed by atoms with Crippen LogP contribution in [0.2, 0.25) is 0 Å². The lowest BCUT2D eigenvalue weighted by Gasteiger charge is -2.29. The first kappa shape index (κ1) is 23.9. The van der Waals surface area contributed by atoms with Gasteiger partial charge in [0.1, 0.15) is 5.01 Å². The molecule has 1 aromatic heterocycles. The summed E-state index contributed by atoms with van der Waals surface area (Å²) >= 11 is 1.34. The standard InChI is InChI=1S/C19H22F2N4OS.2ClH/c1-11-24-25-18(27-11)23-17(26)13-4-2-3-12(9-13)15-10-16(15)22-14-5-7-19(20,21)8-6-14;;/h2-4,9,14-16,22H,5-8,10H2,1H3,(H,23,25,26);2*1H/t15-,16+;;/m0../s1. The molecule has 1 aromatic carbocycles. The highest BCUT2D eigenvalue weighted by Crippen LogP contribution is 2.43. The van der Waals surface area contributed by atoms with E-state index in [0.717, 1.165) is 17.0 Å². The maximum Gasteiger partial charge on any atom is 0.257 e. The van der Waals surface area contributed by atoms with Crippen molar-refractivity contribution in [1.29, 1.82) is 0 Å². The highest BCUT2D eigenvalue weighted by Gasteiger charge is 2.42. The molecule has 160 valence electrons. The van der Waals surface area contributed by atoms with Crippen LogP contribution in [0, 0.1) is 6.92 Å². The minimum Gasteiger partial charge on any atom is -0.311 e. The van der Waals surface area contributed by atoms with E-state index in [9.17, 15) is 13.6 Å². The molecule has 2 fully saturated rings. The fraction of sp³-hybridized carbons (Fsp3) is 0.526. The molecule has 0 unspecified atom stereocenters. The number of aromatic nitrogens is 2. The average molecular weight is 465 g/mol. The first-order chi connectivity index (χ1) is 12.9. The lowest BCUT2D eigenvalue weighted by Crippen LogP contribution is -2.38. The van der Waals surface area contributed by atoms with Crippen LogP contribution in [-0.4, -0.2) is 34.1 Å². The van der Waals surface area contributed by atoms with Crippen LogP contribution in [0.3, 0.4) is 0 Å². The van der Waals surface area contributed by atoms with Crippen molar-refractivity contribution in [3.8, 4) is 0 Å². The molecule has 0 bridgehead atoms. The number of anilines is 1. The number of rotatable bonds is 5. The Balaban J connectivity index is 0.00000150. The zero-order chi connectivity index (χ0) is 19.0. The highest BCUT2D eigenvalue weighted by molar-refractivity contribution is 7.15. The number of halogens is 4. The smallest absolute Gasteiger partial charge is 0.257 e. The maximum absolute atomic E-state index is 13.3. The second-order valence-corrected chi connectivity index (χ2v) is 8.63. The fourth-order valence-corrected chi connectivity index (χ4v) is 4.27. The van der Waals surface area contributed by atoms with Crippen LogP contribution in [0.1, 0.15) is 59.0 Å². The molecule has 1 heterocycles. The van der Waals surface area contributed by atoms with Gasteiger partial charge in [0.15, 0.2) is 0 Å². The molecule has 2 aromatic rings. The Labute approximate surface area is 184 Å². The second-order valence-electron chi connectivity index (χ2n) is 7.45. The van der Waals surface area contributed by atoms with Crippen LogP contribution in [0.15, 0.2) is 24.3 Å². The van der Waals surface area contributed by atoms with Gasteiger partial charge in [-0.3, -0.25) is 10.1 Å². The Morgan fingerprint density at radius 3 is 2.59 bits per heavy atom. The van der Waals surface area contributed by atoms with Crippen molar-refractivity contribution >= 4 is 47.2 Å². The Kier molecular flexibility index (Phi) is 7.95. The number of nitrogens with one attached hydrogen (secondary N) is 2. The molecule has 0 saturated heterocycles. The summed E-state index contributed by atoms with van der Waals surface area (Å²) < 4.78 is 26.6. The van der Waals surface area contributed by atoms with Gasteiger partial charge in [0.25, 0.3) is 5.91 Å². The quantitative estimate of drug-likeness (QED) is 0.655.